The van der Waals surface area contributed by atoms with Crippen LogP contribution in [0.3, 0.4) is 0 Å². The molecule has 0 aromatic carbocycles. The van der Waals surface area contributed by atoms with Gasteiger partial charge >= 0.3 is 29.6 Å². The predicted octanol–water partition coefficient (Wildman–Crippen LogP) is -2.61. The van der Waals surface area contributed by atoms with Gasteiger partial charge in [-0.1, -0.05) is 5.03 Å². The summed E-state index contributed by atoms with van der Waals surface area (Å²) in [4.78, 5) is 7.45. The van der Waals surface area contributed by atoms with Gasteiger partial charge in [-0.25, -0.2) is 0 Å². The van der Waals surface area contributed by atoms with Crippen molar-refractivity contribution in [2.24, 2.45) is 0 Å². The van der Waals surface area contributed by atoms with Gasteiger partial charge in [0.2, 0.25) is 0 Å². The third-order valence-corrected chi connectivity index (χ3v) is 0.750. The molecule has 1 heterocycles. The molecule has 0 radical (unpaired) electrons. The minimum atomic E-state index is 0. The molecule has 1 aromatic heterocycles. The van der Waals surface area contributed by atoms with Crippen LogP contribution in [-0.2, 0) is 12.6 Å². The number of aromatic nitrogens is 2. The Hall–Kier alpha value is 0.300. The smallest absolute Gasteiger partial charge is 0.759 e. The maximum absolute atomic E-state index is 4.64. The molecule has 0 N–H and O–H groups in total. The summed E-state index contributed by atoms with van der Waals surface area (Å²) in [6.45, 7) is 0. The van der Waals surface area contributed by atoms with Gasteiger partial charge in [0.15, 0.2) is 0 Å². The minimum Gasteiger partial charge on any atom is -0.759 e. The number of hydrogen-bond acceptors (Lipinski definition) is 3. The molecule has 0 saturated heterocycles. The van der Waals surface area contributed by atoms with Crippen LogP contribution >= 0.6 is 0 Å². The van der Waals surface area contributed by atoms with E-state index in [1.165, 1.54) is 6.20 Å². The molecule has 0 bridgehead atoms. The molecule has 36 valence electrons. The van der Waals surface area contributed by atoms with E-state index in [1.54, 1.807) is 12.4 Å². The second kappa shape index (κ2) is 4.21. The molecular formula is C4H3N2NaS. The fourth-order valence-electron chi connectivity index (χ4n) is 0.285. The van der Waals surface area contributed by atoms with Crippen LogP contribution in [0.4, 0.5) is 0 Å². The van der Waals surface area contributed by atoms with Gasteiger partial charge in [0.1, 0.15) is 0 Å². The van der Waals surface area contributed by atoms with Gasteiger partial charge in [0.25, 0.3) is 0 Å². The summed E-state index contributed by atoms with van der Waals surface area (Å²) in [7, 11) is 0. The molecule has 0 amide bonds. The van der Waals surface area contributed by atoms with Crippen molar-refractivity contribution in [3.8, 4) is 0 Å². The topological polar surface area (TPSA) is 25.8 Å². The van der Waals surface area contributed by atoms with Crippen LogP contribution in [0.1, 0.15) is 0 Å². The van der Waals surface area contributed by atoms with Gasteiger partial charge in [-0.2, -0.15) is 0 Å². The first-order chi connectivity index (χ1) is 3.39. The Labute approximate surface area is 75.4 Å². The molecule has 0 aliphatic heterocycles. The summed E-state index contributed by atoms with van der Waals surface area (Å²) in [5.74, 6) is 0. The first-order valence-electron chi connectivity index (χ1n) is 1.82. The van der Waals surface area contributed by atoms with Crippen LogP contribution in [0, 0.1) is 0 Å². The molecule has 4 heteroatoms. The maximum Gasteiger partial charge on any atom is 1.00 e. The van der Waals surface area contributed by atoms with Gasteiger partial charge < -0.3 is 12.6 Å². The SMILES string of the molecule is [Na+].[S-]c1cnccn1. The van der Waals surface area contributed by atoms with Crippen LogP contribution in [-0.4, -0.2) is 9.97 Å². The summed E-state index contributed by atoms with van der Waals surface area (Å²) in [5.41, 5.74) is 0. The quantitative estimate of drug-likeness (QED) is 0.287. The monoisotopic (exact) mass is 134 g/mol. The van der Waals surface area contributed by atoms with E-state index in [2.05, 4.69) is 22.6 Å². The van der Waals surface area contributed by atoms with Crippen molar-refractivity contribution in [2.45, 2.75) is 5.03 Å². The molecule has 0 unspecified atom stereocenters. The average Bonchev–Trinajstić information content (AvgIpc) is 1.69. The first-order valence-corrected chi connectivity index (χ1v) is 2.23. The number of nitrogens with zero attached hydrogens (tertiary/aromatic N) is 2. The van der Waals surface area contributed by atoms with Crippen molar-refractivity contribution in [1.82, 2.24) is 9.97 Å². The fraction of sp³-hybridized carbons (Fsp3) is 0. The van der Waals surface area contributed by atoms with E-state index in [0.29, 0.717) is 5.03 Å². The van der Waals surface area contributed by atoms with Crippen molar-refractivity contribution < 1.29 is 29.6 Å². The standard InChI is InChI=1S/C4H4N2S.Na/c7-4-3-5-1-2-6-4;/h1-3H,(H,6,7);/q;+1/p-1. The van der Waals surface area contributed by atoms with Crippen LogP contribution in [0.15, 0.2) is 23.6 Å². The van der Waals surface area contributed by atoms with Crippen molar-refractivity contribution >= 4 is 12.6 Å². The summed E-state index contributed by atoms with van der Waals surface area (Å²) in [6.07, 6.45) is 4.70. The average molecular weight is 134 g/mol. The third-order valence-electron chi connectivity index (χ3n) is 0.539. The number of hydrogen-bond donors (Lipinski definition) is 0. The minimum absolute atomic E-state index is 0. The van der Waals surface area contributed by atoms with E-state index < -0.39 is 0 Å². The Balaban J connectivity index is 0.000000490. The van der Waals surface area contributed by atoms with Crippen molar-refractivity contribution in [3.63, 3.8) is 0 Å². The van der Waals surface area contributed by atoms with Gasteiger partial charge in [-0.15, -0.1) is 0 Å². The molecule has 2 nitrogen and oxygen atoms in total. The van der Waals surface area contributed by atoms with E-state index in [0.717, 1.165) is 0 Å². The summed E-state index contributed by atoms with van der Waals surface area (Å²) >= 11 is 4.64. The van der Waals surface area contributed by atoms with Crippen LogP contribution in [0.5, 0.6) is 0 Å². The molecule has 0 aliphatic rings. The van der Waals surface area contributed by atoms with E-state index in [4.69, 9.17) is 0 Å². The summed E-state index contributed by atoms with van der Waals surface area (Å²) < 4.78 is 0. The molecule has 0 aliphatic carbocycles. The zero-order valence-corrected chi connectivity index (χ0v) is 7.35. The Morgan fingerprint density at radius 2 is 2.12 bits per heavy atom. The first kappa shape index (κ1) is 8.30. The zero-order valence-electron chi connectivity index (χ0n) is 4.53. The number of rotatable bonds is 0. The maximum atomic E-state index is 4.64. The van der Waals surface area contributed by atoms with Crippen molar-refractivity contribution in [2.75, 3.05) is 0 Å². The van der Waals surface area contributed by atoms with Gasteiger partial charge in [-0.3, -0.25) is 9.97 Å². The molecule has 1 rings (SSSR count). The predicted molar refractivity (Wildman–Crippen MR) is 27.7 cm³/mol. The molecule has 0 spiro atoms. The molecule has 0 saturated carbocycles. The van der Waals surface area contributed by atoms with Gasteiger partial charge in [0.05, 0.1) is 0 Å². The van der Waals surface area contributed by atoms with E-state index >= 15 is 0 Å². The van der Waals surface area contributed by atoms with Gasteiger partial charge in [0, 0.05) is 18.6 Å². The Kier molecular flexibility index (Phi) is 4.36. The second-order valence-electron chi connectivity index (χ2n) is 1.04. The van der Waals surface area contributed by atoms with Gasteiger partial charge in [-0.05, 0) is 0 Å². The fourth-order valence-corrected chi connectivity index (χ4v) is 0.407. The zero-order chi connectivity index (χ0) is 5.11. The summed E-state index contributed by atoms with van der Waals surface area (Å²) in [6, 6.07) is 0. The largest absolute Gasteiger partial charge is 1.00 e. The Morgan fingerprint density at radius 3 is 2.38 bits per heavy atom. The van der Waals surface area contributed by atoms with E-state index in [1.807, 2.05) is 0 Å². The van der Waals surface area contributed by atoms with Crippen molar-refractivity contribution in [3.05, 3.63) is 18.6 Å². The van der Waals surface area contributed by atoms with Crippen LogP contribution in [0.2, 0.25) is 0 Å². The van der Waals surface area contributed by atoms with E-state index in [-0.39, 0.29) is 29.6 Å². The van der Waals surface area contributed by atoms with E-state index in [9.17, 15) is 0 Å². The Bertz CT molecular complexity index is 144. The second-order valence-corrected chi connectivity index (χ2v) is 1.46. The third kappa shape index (κ3) is 2.57. The van der Waals surface area contributed by atoms with Crippen LogP contribution < -0.4 is 29.6 Å². The van der Waals surface area contributed by atoms with Crippen LogP contribution in [0.25, 0.3) is 0 Å². The molecule has 0 fully saturated rings. The Morgan fingerprint density at radius 1 is 1.38 bits per heavy atom. The van der Waals surface area contributed by atoms with Crippen molar-refractivity contribution in [1.29, 1.82) is 0 Å². The molecular weight excluding hydrogens is 131 g/mol. The normalized spacial score (nSPS) is 7.50. The molecule has 1 aromatic rings. The molecule has 8 heavy (non-hydrogen) atoms. The molecule has 0 atom stereocenters. The summed E-state index contributed by atoms with van der Waals surface area (Å²) in [5, 5.41) is 0.544.